The van der Waals surface area contributed by atoms with Gasteiger partial charge >= 0.3 is 0 Å². The minimum atomic E-state index is -2.48. The van der Waals surface area contributed by atoms with Crippen molar-refractivity contribution in [2.45, 2.75) is 32.2 Å². The molecule has 3 N–H and O–H groups in total. The molecule has 1 atom stereocenters. The Hall–Kier alpha value is -0.750. The summed E-state index contributed by atoms with van der Waals surface area (Å²) >= 11 is 0. The molecule has 0 radical (unpaired) electrons. The lowest BCUT2D eigenvalue weighted by atomic mass is 10.00. The summed E-state index contributed by atoms with van der Waals surface area (Å²) in [7, 11) is 0. The van der Waals surface area contributed by atoms with Crippen molar-refractivity contribution >= 4 is 5.91 Å². The number of nitrogens with one attached hydrogen (secondary N) is 1. The second kappa shape index (κ2) is 6.68. The maximum Gasteiger partial charge on any atom is 0.261 e. The summed E-state index contributed by atoms with van der Waals surface area (Å²) < 4.78 is 27.9. The second-order valence-corrected chi connectivity index (χ2v) is 3.49. The molecule has 0 aliphatic heterocycles. The number of nitrogens with two attached hydrogens (primary N) is 1. The van der Waals surface area contributed by atoms with Crippen LogP contribution < -0.4 is 11.1 Å². The number of ether oxygens (including phenoxy) is 1. The summed E-state index contributed by atoms with van der Waals surface area (Å²) in [6.07, 6.45) is -1.97. The Morgan fingerprint density at radius 2 is 2.20 bits per heavy atom. The number of halogens is 2. The summed E-state index contributed by atoms with van der Waals surface area (Å²) in [5, 5.41) is 2.51. The third-order valence-electron chi connectivity index (χ3n) is 2.03. The number of carbonyl (C=O) groups is 1. The first-order chi connectivity index (χ1) is 6.90. The van der Waals surface area contributed by atoms with E-state index in [0.29, 0.717) is 6.42 Å². The summed E-state index contributed by atoms with van der Waals surface area (Å²) in [5.74, 6) is -0.300. The van der Waals surface area contributed by atoms with Crippen molar-refractivity contribution in [1.29, 1.82) is 0 Å². The van der Waals surface area contributed by atoms with E-state index >= 15 is 0 Å². The number of hydrogen-bond acceptors (Lipinski definition) is 3. The standard InChI is InChI=1S/C9H18F2N2O2/c1-3-9(2,12)8(14)13-4-5-15-6-7(10)11/h7H,3-6,12H2,1-2H3,(H,13,14). The van der Waals surface area contributed by atoms with Crippen molar-refractivity contribution in [2.75, 3.05) is 19.8 Å². The van der Waals surface area contributed by atoms with Gasteiger partial charge in [-0.2, -0.15) is 0 Å². The molecular weight excluding hydrogens is 206 g/mol. The molecule has 0 aromatic rings. The van der Waals surface area contributed by atoms with Gasteiger partial charge in [-0.05, 0) is 13.3 Å². The van der Waals surface area contributed by atoms with Crippen molar-refractivity contribution in [3.8, 4) is 0 Å². The van der Waals surface area contributed by atoms with E-state index in [2.05, 4.69) is 10.1 Å². The number of carbonyl (C=O) groups excluding carboxylic acids is 1. The molecule has 0 bridgehead atoms. The first kappa shape index (κ1) is 14.2. The van der Waals surface area contributed by atoms with Crippen LogP contribution in [0, 0.1) is 0 Å². The van der Waals surface area contributed by atoms with E-state index < -0.39 is 18.6 Å². The molecule has 0 aliphatic rings. The number of hydrogen-bond donors (Lipinski definition) is 2. The molecule has 1 amide bonds. The Bertz CT molecular complexity index is 199. The van der Waals surface area contributed by atoms with E-state index in [1.807, 2.05) is 0 Å². The van der Waals surface area contributed by atoms with Crippen LogP contribution in [0.15, 0.2) is 0 Å². The molecule has 0 fully saturated rings. The van der Waals surface area contributed by atoms with Gasteiger partial charge in [-0.1, -0.05) is 6.92 Å². The van der Waals surface area contributed by atoms with E-state index in [1.165, 1.54) is 0 Å². The van der Waals surface area contributed by atoms with Crippen LogP contribution in [0.4, 0.5) is 8.78 Å². The number of alkyl halides is 2. The average molecular weight is 224 g/mol. The van der Waals surface area contributed by atoms with E-state index in [1.54, 1.807) is 13.8 Å². The van der Waals surface area contributed by atoms with E-state index in [0.717, 1.165) is 0 Å². The zero-order valence-corrected chi connectivity index (χ0v) is 9.06. The first-order valence-corrected chi connectivity index (χ1v) is 4.83. The minimum Gasteiger partial charge on any atom is -0.374 e. The average Bonchev–Trinajstić information content (AvgIpc) is 2.16. The molecule has 0 aromatic carbocycles. The van der Waals surface area contributed by atoms with Crippen molar-refractivity contribution in [3.63, 3.8) is 0 Å². The van der Waals surface area contributed by atoms with Gasteiger partial charge in [0.1, 0.15) is 6.61 Å². The molecule has 6 heteroatoms. The molecular formula is C9H18F2N2O2. The molecule has 1 unspecified atom stereocenters. The lowest BCUT2D eigenvalue weighted by Crippen LogP contribution is -2.51. The van der Waals surface area contributed by atoms with Crippen molar-refractivity contribution < 1.29 is 18.3 Å². The Morgan fingerprint density at radius 1 is 1.60 bits per heavy atom. The maximum atomic E-state index is 11.6. The Morgan fingerprint density at radius 3 is 2.67 bits per heavy atom. The van der Waals surface area contributed by atoms with Gasteiger partial charge in [-0.15, -0.1) is 0 Å². The summed E-state index contributed by atoms with van der Waals surface area (Å²) in [6, 6.07) is 0. The Kier molecular flexibility index (Phi) is 6.35. The Balaban J connectivity index is 3.56. The van der Waals surface area contributed by atoms with Gasteiger partial charge in [-0.25, -0.2) is 8.78 Å². The fourth-order valence-corrected chi connectivity index (χ4v) is 0.772. The van der Waals surface area contributed by atoms with Crippen molar-refractivity contribution in [2.24, 2.45) is 5.73 Å². The zero-order valence-electron chi connectivity index (χ0n) is 9.06. The molecule has 0 aromatic heterocycles. The quantitative estimate of drug-likeness (QED) is 0.619. The van der Waals surface area contributed by atoms with Gasteiger partial charge in [0.25, 0.3) is 6.43 Å². The first-order valence-electron chi connectivity index (χ1n) is 4.83. The highest BCUT2D eigenvalue weighted by Crippen LogP contribution is 2.03. The molecule has 15 heavy (non-hydrogen) atoms. The minimum absolute atomic E-state index is 0.0654. The van der Waals surface area contributed by atoms with Crippen LogP contribution in [-0.2, 0) is 9.53 Å². The summed E-state index contributed by atoms with van der Waals surface area (Å²) in [4.78, 5) is 11.4. The predicted octanol–water partition coefficient (Wildman–Crippen LogP) is 0.512. The highest BCUT2D eigenvalue weighted by molar-refractivity contribution is 5.85. The topological polar surface area (TPSA) is 64.4 Å². The summed E-state index contributed by atoms with van der Waals surface area (Å²) in [5.41, 5.74) is 4.74. The lowest BCUT2D eigenvalue weighted by molar-refractivity contribution is -0.126. The van der Waals surface area contributed by atoms with Crippen LogP contribution in [0.3, 0.4) is 0 Å². The van der Waals surface area contributed by atoms with Gasteiger partial charge in [0.05, 0.1) is 12.1 Å². The van der Waals surface area contributed by atoms with E-state index in [-0.39, 0.29) is 19.1 Å². The predicted molar refractivity (Wildman–Crippen MR) is 52.7 cm³/mol. The lowest BCUT2D eigenvalue weighted by Gasteiger charge is -2.21. The van der Waals surface area contributed by atoms with E-state index in [9.17, 15) is 13.6 Å². The molecule has 0 saturated heterocycles. The molecule has 0 heterocycles. The van der Waals surface area contributed by atoms with Gasteiger partial charge in [0, 0.05) is 6.54 Å². The number of rotatable bonds is 7. The highest BCUT2D eigenvalue weighted by Gasteiger charge is 2.25. The maximum absolute atomic E-state index is 11.6. The van der Waals surface area contributed by atoms with Gasteiger partial charge in [0.2, 0.25) is 5.91 Å². The molecule has 0 aliphatic carbocycles. The van der Waals surface area contributed by atoms with Crippen LogP contribution in [-0.4, -0.2) is 37.6 Å². The smallest absolute Gasteiger partial charge is 0.261 e. The highest BCUT2D eigenvalue weighted by atomic mass is 19.3. The van der Waals surface area contributed by atoms with Crippen LogP contribution in [0.2, 0.25) is 0 Å². The van der Waals surface area contributed by atoms with Crippen molar-refractivity contribution in [1.82, 2.24) is 5.32 Å². The largest absolute Gasteiger partial charge is 0.374 e. The van der Waals surface area contributed by atoms with Crippen LogP contribution >= 0.6 is 0 Å². The van der Waals surface area contributed by atoms with Crippen molar-refractivity contribution in [3.05, 3.63) is 0 Å². The zero-order chi connectivity index (χ0) is 11.9. The summed E-state index contributed by atoms with van der Waals surface area (Å²) in [6.45, 7) is 3.06. The third-order valence-corrected chi connectivity index (χ3v) is 2.03. The fourth-order valence-electron chi connectivity index (χ4n) is 0.772. The molecule has 0 rings (SSSR count). The normalized spacial score (nSPS) is 15.1. The van der Waals surface area contributed by atoms with Gasteiger partial charge < -0.3 is 15.8 Å². The molecule has 4 nitrogen and oxygen atoms in total. The monoisotopic (exact) mass is 224 g/mol. The van der Waals surface area contributed by atoms with Crippen LogP contribution in [0.5, 0.6) is 0 Å². The van der Waals surface area contributed by atoms with Gasteiger partial charge in [0.15, 0.2) is 0 Å². The van der Waals surface area contributed by atoms with Crippen LogP contribution in [0.1, 0.15) is 20.3 Å². The Labute approximate surface area is 88.2 Å². The molecule has 90 valence electrons. The van der Waals surface area contributed by atoms with Gasteiger partial charge in [-0.3, -0.25) is 4.79 Å². The second-order valence-electron chi connectivity index (χ2n) is 3.49. The third kappa shape index (κ3) is 6.35. The molecule has 0 saturated carbocycles. The fraction of sp³-hybridized carbons (Fsp3) is 0.889. The SMILES string of the molecule is CCC(C)(N)C(=O)NCCOCC(F)F. The van der Waals surface area contributed by atoms with E-state index in [4.69, 9.17) is 5.73 Å². The number of amides is 1. The molecule has 0 spiro atoms. The van der Waals surface area contributed by atoms with Crippen LogP contribution in [0.25, 0.3) is 0 Å².